The van der Waals surface area contributed by atoms with E-state index in [0.29, 0.717) is 31.7 Å². The van der Waals surface area contributed by atoms with Crippen LogP contribution in [-0.4, -0.2) is 35.5 Å². The summed E-state index contributed by atoms with van der Waals surface area (Å²) in [6.07, 6.45) is 3.93. The predicted molar refractivity (Wildman–Crippen MR) is 89.3 cm³/mol. The molecule has 1 aromatic carbocycles. The number of fused-ring (bicyclic) bond motifs is 1. The molecule has 1 aliphatic carbocycles. The summed E-state index contributed by atoms with van der Waals surface area (Å²) in [7, 11) is 0. The first-order chi connectivity index (χ1) is 10.8. The zero-order valence-corrected chi connectivity index (χ0v) is 14.0. The number of carbonyl (C=O) groups excluding carboxylic acids is 2. The van der Waals surface area contributed by atoms with Crippen molar-refractivity contribution in [2.24, 2.45) is 0 Å². The van der Waals surface area contributed by atoms with Crippen LogP contribution in [0, 0.1) is 0 Å². The van der Waals surface area contributed by atoms with Crippen LogP contribution in [0.4, 0.5) is 4.79 Å². The van der Waals surface area contributed by atoms with E-state index in [1.807, 2.05) is 20.8 Å². The minimum absolute atomic E-state index is 0.259. The summed E-state index contributed by atoms with van der Waals surface area (Å²) < 4.78 is 5.35. The maximum Gasteiger partial charge on any atom is 0.410 e. The monoisotopic (exact) mass is 313 g/mol. The summed E-state index contributed by atoms with van der Waals surface area (Å²) in [6.45, 7) is 6.84. The Bertz CT molecular complexity index is 674. The molecule has 0 N–H and O–H groups in total. The number of Topliss-reactive ketones (excluding diaryl/α,β-unsaturated/α-hetero) is 1. The lowest BCUT2D eigenvalue weighted by Gasteiger charge is -2.35. The minimum atomic E-state index is -0.457. The van der Waals surface area contributed by atoms with E-state index < -0.39 is 5.60 Å². The Balaban J connectivity index is 1.63. The molecule has 0 unspecified atom stereocenters. The Labute approximate surface area is 137 Å². The van der Waals surface area contributed by atoms with Crippen LogP contribution in [0.25, 0.3) is 6.08 Å². The van der Waals surface area contributed by atoms with Crippen molar-refractivity contribution < 1.29 is 14.3 Å². The summed E-state index contributed by atoms with van der Waals surface area (Å²) in [5, 5.41) is 0. The van der Waals surface area contributed by atoms with E-state index in [4.69, 9.17) is 4.74 Å². The molecular formula is C19H23NO3. The third-order valence-corrected chi connectivity index (χ3v) is 4.10. The molecule has 1 amide bonds. The van der Waals surface area contributed by atoms with Gasteiger partial charge in [0.1, 0.15) is 11.4 Å². The molecule has 1 aromatic rings. The van der Waals surface area contributed by atoms with Gasteiger partial charge < -0.3 is 9.64 Å². The first-order valence-corrected chi connectivity index (χ1v) is 8.11. The zero-order chi connectivity index (χ0) is 16.6. The van der Waals surface area contributed by atoms with Gasteiger partial charge in [0.2, 0.25) is 0 Å². The number of nitrogens with zero attached hydrogens (tertiary/aromatic N) is 1. The molecule has 1 heterocycles. The summed E-state index contributed by atoms with van der Waals surface area (Å²) in [5.41, 5.74) is 4.30. The van der Waals surface area contributed by atoms with Crippen LogP contribution in [-0.2, 0) is 22.4 Å². The van der Waals surface area contributed by atoms with Crippen molar-refractivity contribution in [3.05, 3.63) is 40.5 Å². The van der Waals surface area contributed by atoms with Crippen LogP contribution in [0.3, 0.4) is 0 Å². The Morgan fingerprint density at radius 1 is 1.17 bits per heavy atom. The molecule has 4 nitrogen and oxygen atoms in total. The first-order valence-electron chi connectivity index (χ1n) is 8.11. The van der Waals surface area contributed by atoms with Gasteiger partial charge in [0, 0.05) is 25.9 Å². The fraction of sp³-hybridized carbons (Fsp3) is 0.474. The Morgan fingerprint density at radius 2 is 1.91 bits per heavy atom. The molecule has 0 spiro atoms. The molecule has 0 bridgehead atoms. The number of benzene rings is 1. The average Bonchev–Trinajstić information content (AvgIpc) is 2.39. The summed E-state index contributed by atoms with van der Waals surface area (Å²) >= 11 is 0. The van der Waals surface area contributed by atoms with E-state index in [2.05, 4.69) is 24.3 Å². The fourth-order valence-electron chi connectivity index (χ4n) is 2.95. The molecule has 1 fully saturated rings. The van der Waals surface area contributed by atoms with Gasteiger partial charge in [-0.25, -0.2) is 4.79 Å². The number of likely N-dealkylation sites (tertiary alicyclic amines) is 1. The highest BCUT2D eigenvalue weighted by Gasteiger charge is 2.29. The van der Waals surface area contributed by atoms with Gasteiger partial charge in [-0.15, -0.1) is 0 Å². The van der Waals surface area contributed by atoms with Crippen molar-refractivity contribution in [1.82, 2.24) is 4.90 Å². The van der Waals surface area contributed by atoms with Crippen LogP contribution in [0.5, 0.6) is 0 Å². The van der Waals surface area contributed by atoms with Gasteiger partial charge in [-0.2, -0.15) is 0 Å². The third-order valence-electron chi connectivity index (χ3n) is 4.10. The normalized spacial score (nSPS) is 17.4. The van der Waals surface area contributed by atoms with Crippen LogP contribution >= 0.6 is 0 Å². The van der Waals surface area contributed by atoms with Crippen LogP contribution in [0.1, 0.15) is 43.9 Å². The number of ketones is 1. The first kappa shape index (κ1) is 15.8. The van der Waals surface area contributed by atoms with Crippen molar-refractivity contribution in [2.75, 3.05) is 13.1 Å². The Kier molecular flexibility index (Phi) is 4.00. The maximum absolute atomic E-state index is 11.9. The summed E-state index contributed by atoms with van der Waals surface area (Å²) in [6, 6.07) is 6.33. The minimum Gasteiger partial charge on any atom is -0.444 e. The maximum atomic E-state index is 11.9. The van der Waals surface area contributed by atoms with Crippen molar-refractivity contribution >= 4 is 18.0 Å². The standard InChI is InChI=1S/C19H23NO3/c1-19(2,3)23-18(22)20-11-14(12-20)8-13-4-5-15-6-7-17(21)10-16(15)9-13/h4-5,8-9H,6-7,10-12H2,1-3H3. The molecule has 2 aliphatic rings. The third kappa shape index (κ3) is 3.81. The molecule has 1 aliphatic heterocycles. The highest BCUT2D eigenvalue weighted by atomic mass is 16.6. The predicted octanol–water partition coefficient (Wildman–Crippen LogP) is 3.38. The van der Waals surface area contributed by atoms with Gasteiger partial charge in [-0.05, 0) is 49.5 Å². The van der Waals surface area contributed by atoms with Crippen molar-refractivity contribution in [2.45, 2.75) is 45.6 Å². The Hall–Kier alpha value is -2.10. The highest BCUT2D eigenvalue weighted by Crippen LogP contribution is 2.24. The van der Waals surface area contributed by atoms with E-state index >= 15 is 0 Å². The second kappa shape index (κ2) is 5.84. The number of ether oxygens (including phenoxy) is 1. The zero-order valence-electron chi connectivity index (χ0n) is 14.0. The van der Waals surface area contributed by atoms with E-state index in [0.717, 1.165) is 17.5 Å². The van der Waals surface area contributed by atoms with E-state index in [1.165, 1.54) is 11.1 Å². The van der Waals surface area contributed by atoms with Gasteiger partial charge in [-0.3, -0.25) is 4.79 Å². The van der Waals surface area contributed by atoms with E-state index in [-0.39, 0.29) is 6.09 Å². The average molecular weight is 313 g/mol. The molecule has 23 heavy (non-hydrogen) atoms. The second-order valence-corrected chi connectivity index (χ2v) is 7.38. The SMILES string of the molecule is CC(C)(C)OC(=O)N1CC(=Cc2ccc3c(c2)CC(=O)CC3)C1. The van der Waals surface area contributed by atoms with Crippen LogP contribution < -0.4 is 0 Å². The molecular weight excluding hydrogens is 290 g/mol. The fourth-order valence-corrected chi connectivity index (χ4v) is 2.95. The largest absolute Gasteiger partial charge is 0.444 e. The number of rotatable bonds is 1. The Morgan fingerprint density at radius 3 is 2.61 bits per heavy atom. The van der Waals surface area contributed by atoms with Crippen molar-refractivity contribution in [3.63, 3.8) is 0 Å². The summed E-state index contributed by atoms with van der Waals surface area (Å²) in [5.74, 6) is 0.321. The number of aryl methyl sites for hydroxylation is 1. The molecule has 4 heteroatoms. The van der Waals surface area contributed by atoms with Crippen LogP contribution in [0.2, 0.25) is 0 Å². The lowest BCUT2D eigenvalue weighted by atomic mass is 9.89. The molecule has 0 radical (unpaired) electrons. The van der Waals surface area contributed by atoms with Gasteiger partial charge in [0.15, 0.2) is 0 Å². The quantitative estimate of drug-likeness (QED) is 0.798. The van der Waals surface area contributed by atoms with Crippen molar-refractivity contribution in [3.8, 4) is 0 Å². The van der Waals surface area contributed by atoms with Crippen LogP contribution in [0.15, 0.2) is 23.8 Å². The molecule has 3 rings (SSSR count). The lowest BCUT2D eigenvalue weighted by molar-refractivity contribution is -0.118. The van der Waals surface area contributed by atoms with Gasteiger partial charge in [0.25, 0.3) is 0 Å². The van der Waals surface area contributed by atoms with Gasteiger partial charge in [0.05, 0.1) is 0 Å². The van der Waals surface area contributed by atoms with Gasteiger partial charge in [-0.1, -0.05) is 24.3 Å². The van der Waals surface area contributed by atoms with Gasteiger partial charge >= 0.3 is 6.09 Å². The highest BCUT2D eigenvalue weighted by molar-refractivity contribution is 5.83. The molecule has 122 valence electrons. The number of hydrogen-bond donors (Lipinski definition) is 0. The number of carbonyl (C=O) groups is 2. The molecule has 0 atom stereocenters. The molecule has 0 saturated carbocycles. The molecule has 1 saturated heterocycles. The lowest BCUT2D eigenvalue weighted by Crippen LogP contribution is -2.46. The number of amides is 1. The second-order valence-electron chi connectivity index (χ2n) is 7.38. The summed E-state index contributed by atoms with van der Waals surface area (Å²) in [4.78, 5) is 25.2. The topological polar surface area (TPSA) is 46.6 Å². The van der Waals surface area contributed by atoms with E-state index in [9.17, 15) is 9.59 Å². The van der Waals surface area contributed by atoms with E-state index in [1.54, 1.807) is 4.90 Å². The smallest absolute Gasteiger partial charge is 0.410 e. The molecule has 0 aromatic heterocycles. The van der Waals surface area contributed by atoms with Crippen molar-refractivity contribution in [1.29, 1.82) is 0 Å². The number of hydrogen-bond acceptors (Lipinski definition) is 3.